The molecule has 0 aromatic heterocycles. The van der Waals surface area contributed by atoms with Gasteiger partial charge in [0.15, 0.2) is 0 Å². The number of hydrogen-bond acceptors (Lipinski definition) is 1. The standard InChI is InChI=1S/C10H18F2O/c1-7(2)5-8-6-10(11,12)4-3-9(8)13/h7-9,13H,3-6H2,1-2H3/t8-,9+/m0/s1. The van der Waals surface area contributed by atoms with E-state index in [9.17, 15) is 13.9 Å². The van der Waals surface area contributed by atoms with Gasteiger partial charge in [0.2, 0.25) is 5.92 Å². The van der Waals surface area contributed by atoms with Crippen molar-refractivity contribution in [2.75, 3.05) is 0 Å². The van der Waals surface area contributed by atoms with Crippen LogP contribution in [0.5, 0.6) is 0 Å². The second-order valence-electron chi connectivity index (χ2n) is 4.56. The molecule has 0 bridgehead atoms. The number of aliphatic hydroxyl groups excluding tert-OH is 1. The van der Waals surface area contributed by atoms with Gasteiger partial charge >= 0.3 is 0 Å². The predicted molar refractivity (Wildman–Crippen MR) is 47.7 cm³/mol. The van der Waals surface area contributed by atoms with Crippen molar-refractivity contribution in [2.24, 2.45) is 11.8 Å². The van der Waals surface area contributed by atoms with E-state index < -0.39 is 12.0 Å². The number of halogens is 2. The van der Waals surface area contributed by atoms with Crippen LogP contribution in [0.15, 0.2) is 0 Å². The zero-order valence-electron chi connectivity index (χ0n) is 8.26. The van der Waals surface area contributed by atoms with Crippen LogP contribution < -0.4 is 0 Å². The van der Waals surface area contributed by atoms with Gasteiger partial charge in [0.05, 0.1) is 6.10 Å². The molecule has 0 amide bonds. The fourth-order valence-electron chi connectivity index (χ4n) is 2.06. The Kier molecular flexibility index (Phi) is 3.28. The first-order chi connectivity index (χ1) is 5.91. The van der Waals surface area contributed by atoms with Gasteiger partial charge in [-0.3, -0.25) is 0 Å². The van der Waals surface area contributed by atoms with Crippen molar-refractivity contribution in [1.29, 1.82) is 0 Å². The van der Waals surface area contributed by atoms with E-state index in [1.54, 1.807) is 0 Å². The normalized spacial score (nSPS) is 33.7. The Morgan fingerprint density at radius 3 is 2.62 bits per heavy atom. The van der Waals surface area contributed by atoms with Crippen LogP contribution in [0.25, 0.3) is 0 Å². The van der Waals surface area contributed by atoms with E-state index in [4.69, 9.17) is 0 Å². The molecule has 0 saturated heterocycles. The number of alkyl halides is 2. The second kappa shape index (κ2) is 3.91. The third-order valence-electron chi connectivity index (χ3n) is 2.68. The fraction of sp³-hybridized carbons (Fsp3) is 1.00. The van der Waals surface area contributed by atoms with Crippen LogP contribution in [0.3, 0.4) is 0 Å². The van der Waals surface area contributed by atoms with Crippen LogP contribution in [0.2, 0.25) is 0 Å². The van der Waals surface area contributed by atoms with Crippen molar-refractivity contribution in [3.05, 3.63) is 0 Å². The van der Waals surface area contributed by atoms with Crippen LogP contribution in [0, 0.1) is 11.8 Å². The maximum absolute atomic E-state index is 13.0. The Hall–Kier alpha value is -0.180. The maximum atomic E-state index is 13.0. The first kappa shape index (κ1) is 10.9. The van der Waals surface area contributed by atoms with Crippen LogP contribution in [-0.4, -0.2) is 17.1 Å². The lowest BCUT2D eigenvalue weighted by molar-refractivity contribution is -0.0952. The molecular formula is C10H18F2O. The summed E-state index contributed by atoms with van der Waals surface area (Å²) >= 11 is 0. The molecule has 78 valence electrons. The quantitative estimate of drug-likeness (QED) is 0.713. The van der Waals surface area contributed by atoms with Crippen LogP contribution in [0.4, 0.5) is 8.78 Å². The number of hydrogen-bond donors (Lipinski definition) is 1. The molecule has 0 radical (unpaired) electrons. The molecule has 1 aliphatic rings. The monoisotopic (exact) mass is 192 g/mol. The summed E-state index contributed by atoms with van der Waals surface area (Å²) in [5, 5.41) is 9.52. The van der Waals surface area contributed by atoms with Gasteiger partial charge in [0.25, 0.3) is 0 Å². The smallest absolute Gasteiger partial charge is 0.248 e. The summed E-state index contributed by atoms with van der Waals surface area (Å²) in [6.45, 7) is 4.00. The summed E-state index contributed by atoms with van der Waals surface area (Å²) in [5.41, 5.74) is 0. The van der Waals surface area contributed by atoms with E-state index in [-0.39, 0.29) is 25.2 Å². The van der Waals surface area contributed by atoms with Gasteiger partial charge in [-0.15, -0.1) is 0 Å². The summed E-state index contributed by atoms with van der Waals surface area (Å²) in [7, 11) is 0. The summed E-state index contributed by atoms with van der Waals surface area (Å²) < 4.78 is 25.9. The summed E-state index contributed by atoms with van der Waals surface area (Å²) in [5.74, 6) is -2.36. The Balaban J connectivity index is 2.50. The lowest BCUT2D eigenvalue weighted by Crippen LogP contribution is -2.36. The predicted octanol–water partition coefficient (Wildman–Crippen LogP) is 2.83. The van der Waals surface area contributed by atoms with Crippen LogP contribution in [0.1, 0.15) is 39.5 Å². The summed E-state index contributed by atoms with van der Waals surface area (Å²) in [4.78, 5) is 0. The molecule has 2 atom stereocenters. The van der Waals surface area contributed by atoms with Crippen molar-refractivity contribution in [1.82, 2.24) is 0 Å². The van der Waals surface area contributed by atoms with Gasteiger partial charge in [-0.2, -0.15) is 0 Å². The second-order valence-corrected chi connectivity index (χ2v) is 4.56. The van der Waals surface area contributed by atoms with Crippen LogP contribution in [-0.2, 0) is 0 Å². The Bertz CT molecular complexity index is 168. The fourth-order valence-corrected chi connectivity index (χ4v) is 2.06. The molecule has 1 rings (SSSR count). The first-order valence-electron chi connectivity index (χ1n) is 4.96. The molecule has 0 aromatic rings. The molecule has 1 nitrogen and oxygen atoms in total. The Labute approximate surface area is 78.1 Å². The highest BCUT2D eigenvalue weighted by molar-refractivity contribution is 4.84. The van der Waals surface area contributed by atoms with Gasteiger partial charge in [-0.05, 0) is 24.7 Å². The average molecular weight is 192 g/mol. The van der Waals surface area contributed by atoms with E-state index in [1.807, 2.05) is 13.8 Å². The van der Waals surface area contributed by atoms with Crippen molar-refractivity contribution in [2.45, 2.75) is 51.6 Å². The van der Waals surface area contributed by atoms with Gasteiger partial charge < -0.3 is 5.11 Å². The topological polar surface area (TPSA) is 20.2 Å². The van der Waals surface area contributed by atoms with Crippen molar-refractivity contribution < 1.29 is 13.9 Å². The molecule has 0 unspecified atom stereocenters. The van der Waals surface area contributed by atoms with E-state index in [2.05, 4.69) is 0 Å². The largest absolute Gasteiger partial charge is 0.393 e. The summed E-state index contributed by atoms with van der Waals surface area (Å²) in [6, 6.07) is 0. The molecule has 1 aliphatic carbocycles. The lowest BCUT2D eigenvalue weighted by Gasteiger charge is -2.34. The first-order valence-corrected chi connectivity index (χ1v) is 4.96. The molecule has 1 saturated carbocycles. The molecule has 1 N–H and O–H groups in total. The van der Waals surface area contributed by atoms with Gasteiger partial charge in [-0.1, -0.05) is 13.8 Å². The Morgan fingerprint density at radius 2 is 2.08 bits per heavy atom. The molecule has 3 heteroatoms. The van der Waals surface area contributed by atoms with E-state index in [0.717, 1.165) is 0 Å². The summed E-state index contributed by atoms with van der Waals surface area (Å²) in [6.07, 6.45) is 0.165. The van der Waals surface area contributed by atoms with Crippen molar-refractivity contribution in [3.8, 4) is 0 Å². The highest BCUT2D eigenvalue weighted by atomic mass is 19.3. The lowest BCUT2D eigenvalue weighted by atomic mass is 9.79. The highest BCUT2D eigenvalue weighted by Gasteiger charge is 2.40. The van der Waals surface area contributed by atoms with Crippen LogP contribution >= 0.6 is 0 Å². The molecule has 13 heavy (non-hydrogen) atoms. The Morgan fingerprint density at radius 1 is 1.46 bits per heavy atom. The van der Waals surface area contributed by atoms with Gasteiger partial charge in [-0.25, -0.2) is 8.78 Å². The van der Waals surface area contributed by atoms with Crippen molar-refractivity contribution in [3.63, 3.8) is 0 Å². The molecule has 1 fully saturated rings. The minimum absolute atomic E-state index is 0.133. The molecule has 0 heterocycles. The minimum Gasteiger partial charge on any atom is -0.393 e. The zero-order chi connectivity index (χ0) is 10.1. The number of aliphatic hydroxyl groups is 1. The minimum atomic E-state index is -2.54. The molecule has 0 aromatic carbocycles. The van der Waals surface area contributed by atoms with E-state index >= 15 is 0 Å². The maximum Gasteiger partial charge on any atom is 0.248 e. The number of rotatable bonds is 2. The molecular weight excluding hydrogens is 174 g/mol. The molecule has 0 aliphatic heterocycles. The third kappa shape index (κ3) is 3.22. The SMILES string of the molecule is CC(C)C[C@H]1CC(F)(F)CC[C@H]1O. The highest BCUT2D eigenvalue weighted by Crippen LogP contribution is 2.39. The van der Waals surface area contributed by atoms with Gasteiger partial charge in [0.1, 0.15) is 0 Å². The van der Waals surface area contributed by atoms with Crippen molar-refractivity contribution >= 4 is 0 Å². The zero-order valence-corrected chi connectivity index (χ0v) is 8.26. The third-order valence-corrected chi connectivity index (χ3v) is 2.68. The van der Waals surface area contributed by atoms with E-state index in [1.165, 1.54) is 0 Å². The average Bonchev–Trinajstić information content (AvgIpc) is 1.95. The van der Waals surface area contributed by atoms with E-state index in [0.29, 0.717) is 12.3 Å². The molecule has 0 spiro atoms. The van der Waals surface area contributed by atoms with Gasteiger partial charge in [0, 0.05) is 12.8 Å².